The monoisotopic (exact) mass is 285 g/mol. The van der Waals surface area contributed by atoms with E-state index in [4.69, 9.17) is 11.6 Å². The molecule has 2 aromatic carbocycles. The van der Waals surface area contributed by atoms with Crippen LogP contribution < -0.4 is 5.32 Å². The lowest BCUT2D eigenvalue weighted by molar-refractivity contribution is 0.102. The van der Waals surface area contributed by atoms with Crippen LogP contribution in [0.4, 0.5) is 5.69 Å². The van der Waals surface area contributed by atoms with E-state index in [9.17, 15) is 4.79 Å². The van der Waals surface area contributed by atoms with E-state index in [0.29, 0.717) is 10.6 Å². The maximum absolute atomic E-state index is 12.2. The summed E-state index contributed by atoms with van der Waals surface area (Å²) in [5, 5.41) is 3.53. The van der Waals surface area contributed by atoms with Crippen molar-refractivity contribution < 1.29 is 4.79 Å². The molecular formula is C15H12ClN3O. The predicted molar refractivity (Wildman–Crippen MR) is 80.2 cm³/mol. The van der Waals surface area contributed by atoms with Crippen LogP contribution in [0.3, 0.4) is 0 Å². The Kier molecular flexibility index (Phi) is 3.16. The van der Waals surface area contributed by atoms with Gasteiger partial charge in [0.1, 0.15) is 0 Å². The molecule has 1 amide bonds. The summed E-state index contributed by atoms with van der Waals surface area (Å²) in [6.45, 7) is 1.90. The van der Waals surface area contributed by atoms with Gasteiger partial charge in [-0.1, -0.05) is 11.6 Å². The third-order valence-corrected chi connectivity index (χ3v) is 3.35. The Balaban J connectivity index is 1.88. The van der Waals surface area contributed by atoms with Gasteiger partial charge in [0, 0.05) is 16.3 Å². The molecule has 0 aliphatic carbocycles. The number of halogens is 1. The highest BCUT2D eigenvalue weighted by Crippen LogP contribution is 2.20. The Bertz CT molecular complexity index is 795. The second kappa shape index (κ2) is 4.98. The first kappa shape index (κ1) is 12.7. The van der Waals surface area contributed by atoms with E-state index in [0.717, 1.165) is 22.3 Å². The highest BCUT2D eigenvalue weighted by Gasteiger charge is 2.09. The lowest BCUT2D eigenvalue weighted by atomic mass is 10.1. The van der Waals surface area contributed by atoms with Crippen LogP contribution in [-0.4, -0.2) is 15.9 Å². The molecule has 0 radical (unpaired) electrons. The van der Waals surface area contributed by atoms with E-state index in [1.165, 1.54) is 0 Å². The fourth-order valence-corrected chi connectivity index (χ4v) is 2.27. The largest absolute Gasteiger partial charge is 0.345 e. The minimum absolute atomic E-state index is 0.160. The van der Waals surface area contributed by atoms with Gasteiger partial charge in [0.15, 0.2) is 0 Å². The Hall–Kier alpha value is -2.33. The number of hydrogen-bond donors (Lipinski definition) is 2. The molecule has 0 atom stereocenters. The van der Waals surface area contributed by atoms with E-state index in [1.807, 2.05) is 19.1 Å². The number of amides is 1. The molecular weight excluding hydrogens is 274 g/mol. The fourth-order valence-electron chi connectivity index (χ4n) is 2.04. The molecule has 2 N–H and O–H groups in total. The van der Waals surface area contributed by atoms with Gasteiger partial charge in [-0.3, -0.25) is 4.79 Å². The zero-order valence-corrected chi connectivity index (χ0v) is 11.5. The zero-order chi connectivity index (χ0) is 14.1. The summed E-state index contributed by atoms with van der Waals surface area (Å²) >= 11 is 5.90. The first-order valence-corrected chi connectivity index (χ1v) is 6.52. The molecule has 0 spiro atoms. The second-order valence-electron chi connectivity index (χ2n) is 4.55. The first-order chi connectivity index (χ1) is 9.63. The van der Waals surface area contributed by atoms with Crippen LogP contribution in [-0.2, 0) is 0 Å². The molecule has 0 fully saturated rings. The first-order valence-electron chi connectivity index (χ1n) is 6.14. The summed E-state index contributed by atoms with van der Waals surface area (Å²) in [5.41, 5.74) is 3.93. The number of benzene rings is 2. The number of anilines is 1. The van der Waals surface area contributed by atoms with E-state index in [-0.39, 0.29) is 5.91 Å². The molecule has 0 saturated carbocycles. The summed E-state index contributed by atoms with van der Waals surface area (Å²) in [5.74, 6) is -0.160. The van der Waals surface area contributed by atoms with Crippen LogP contribution in [0.15, 0.2) is 42.7 Å². The van der Waals surface area contributed by atoms with Crippen LogP contribution in [0.5, 0.6) is 0 Å². The summed E-state index contributed by atoms with van der Waals surface area (Å²) in [4.78, 5) is 19.4. The molecule has 0 bridgehead atoms. The van der Waals surface area contributed by atoms with Crippen molar-refractivity contribution in [3.63, 3.8) is 0 Å². The van der Waals surface area contributed by atoms with Gasteiger partial charge in [0.2, 0.25) is 0 Å². The number of carbonyl (C=O) groups is 1. The van der Waals surface area contributed by atoms with Gasteiger partial charge in [0.25, 0.3) is 5.91 Å². The summed E-state index contributed by atoms with van der Waals surface area (Å²) < 4.78 is 0. The van der Waals surface area contributed by atoms with Crippen LogP contribution in [0, 0.1) is 6.92 Å². The van der Waals surface area contributed by atoms with Gasteiger partial charge in [0.05, 0.1) is 17.4 Å². The van der Waals surface area contributed by atoms with Gasteiger partial charge < -0.3 is 10.3 Å². The summed E-state index contributed by atoms with van der Waals surface area (Å²) in [7, 11) is 0. The third kappa shape index (κ3) is 2.38. The molecule has 4 nitrogen and oxygen atoms in total. The molecule has 0 aliphatic rings. The number of hydrogen-bond acceptors (Lipinski definition) is 2. The summed E-state index contributed by atoms with van der Waals surface area (Å²) in [6, 6.07) is 10.7. The lowest BCUT2D eigenvalue weighted by Gasteiger charge is -2.08. The topological polar surface area (TPSA) is 57.8 Å². The number of nitrogens with zero attached hydrogens (tertiary/aromatic N) is 1. The molecule has 1 aromatic heterocycles. The molecule has 3 rings (SSSR count). The van der Waals surface area contributed by atoms with E-state index < -0.39 is 0 Å². The molecule has 0 saturated heterocycles. The van der Waals surface area contributed by atoms with Crippen molar-refractivity contribution in [2.45, 2.75) is 6.92 Å². The average Bonchev–Trinajstić information content (AvgIpc) is 2.89. The maximum Gasteiger partial charge on any atom is 0.255 e. The Morgan fingerprint density at radius 2 is 2.10 bits per heavy atom. The van der Waals surface area contributed by atoms with E-state index >= 15 is 0 Å². The number of H-pyrrole nitrogens is 1. The van der Waals surface area contributed by atoms with Crippen molar-refractivity contribution in [2.75, 3.05) is 5.32 Å². The summed E-state index contributed by atoms with van der Waals surface area (Å²) in [6.07, 6.45) is 1.61. The minimum Gasteiger partial charge on any atom is -0.345 e. The van der Waals surface area contributed by atoms with Gasteiger partial charge in [-0.05, 0) is 48.9 Å². The molecule has 1 heterocycles. The number of fused-ring (bicyclic) bond motifs is 1. The van der Waals surface area contributed by atoms with Crippen LogP contribution in [0.2, 0.25) is 5.02 Å². The van der Waals surface area contributed by atoms with Gasteiger partial charge >= 0.3 is 0 Å². The average molecular weight is 286 g/mol. The van der Waals surface area contributed by atoms with Crippen LogP contribution in [0.25, 0.3) is 11.0 Å². The van der Waals surface area contributed by atoms with Gasteiger partial charge in [-0.15, -0.1) is 0 Å². The highest BCUT2D eigenvalue weighted by atomic mass is 35.5. The number of aromatic nitrogens is 2. The van der Waals surface area contributed by atoms with Crippen molar-refractivity contribution in [1.82, 2.24) is 9.97 Å². The SMILES string of the molecule is Cc1cc(Cl)ccc1NC(=O)c1ccc2nc[nH]c2c1. The third-order valence-electron chi connectivity index (χ3n) is 3.12. The van der Waals surface area contributed by atoms with Crippen molar-refractivity contribution in [3.05, 3.63) is 58.9 Å². The van der Waals surface area contributed by atoms with E-state index in [2.05, 4.69) is 15.3 Å². The van der Waals surface area contributed by atoms with Crippen molar-refractivity contribution in [3.8, 4) is 0 Å². The standard InChI is InChI=1S/C15H12ClN3O/c1-9-6-11(16)3-5-12(9)19-15(20)10-2-4-13-14(7-10)18-8-17-13/h2-8H,1H3,(H,17,18)(H,19,20). The van der Waals surface area contributed by atoms with Gasteiger partial charge in [-0.2, -0.15) is 0 Å². The Morgan fingerprint density at radius 1 is 1.25 bits per heavy atom. The van der Waals surface area contributed by atoms with Crippen molar-refractivity contribution in [1.29, 1.82) is 0 Å². The molecule has 0 aliphatic heterocycles. The molecule has 20 heavy (non-hydrogen) atoms. The number of imidazole rings is 1. The zero-order valence-electron chi connectivity index (χ0n) is 10.8. The number of aryl methyl sites for hydroxylation is 1. The molecule has 5 heteroatoms. The minimum atomic E-state index is -0.160. The maximum atomic E-state index is 12.2. The number of nitrogens with one attached hydrogen (secondary N) is 2. The molecule has 3 aromatic rings. The smallest absolute Gasteiger partial charge is 0.255 e. The normalized spacial score (nSPS) is 10.7. The predicted octanol–water partition coefficient (Wildman–Crippen LogP) is 3.78. The second-order valence-corrected chi connectivity index (χ2v) is 4.98. The van der Waals surface area contributed by atoms with Gasteiger partial charge in [-0.25, -0.2) is 4.98 Å². The molecule has 100 valence electrons. The highest BCUT2D eigenvalue weighted by molar-refractivity contribution is 6.30. The molecule has 0 unspecified atom stereocenters. The quantitative estimate of drug-likeness (QED) is 0.753. The Morgan fingerprint density at radius 3 is 2.90 bits per heavy atom. The Labute approximate surface area is 120 Å². The van der Waals surface area contributed by atoms with Crippen molar-refractivity contribution in [2.24, 2.45) is 0 Å². The van der Waals surface area contributed by atoms with Crippen molar-refractivity contribution >= 4 is 34.2 Å². The number of aromatic amines is 1. The van der Waals surface area contributed by atoms with Crippen LogP contribution >= 0.6 is 11.6 Å². The van der Waals surface area contributed by atoms with E-state index in [1.54, 1.807) is 30.6 Å². The number of carbonyl (C=O) groups excluding carboxylic acids is 1. The lowest BCUT2D eigenvalue weighted by Crippen LogP contribution is -2.12. The fraction of sp³-hybridized carbons (Fsp3) is 0.0667. The van der Waals surface area contributed by atoms with Crippen LogP contribution in [0.1, 0.15) is 15.9 Å². The number of rotatable bonds is 2.